The molecule has 0 bridgehead atoms. The van der Waals surface area contributed by atoms with Crippen LogP contribution in [0.3, 0.4) is 0 Å². The fourth-order valence-corrected chi connectivity index (χ4v) is 3.24. The molecule has 9 heteroatoms. The smallest absolute Gasteiger partial charge is 0.272 e. The van der Waals surface area contributed by atoms with Crippen molar-refractivity contribution in [1.82, 2.24) is 9.97 Å². The van der Waals surface area contributed by atoms with E-state index in [0.717, 1.165) is 44.0 Å². The molecule has 1 aliphatic rings. The van der Waals surface area contributed by atoms with Crippen LogP contribution in [0.2, 0.25) is 0 Å². The van der Waals surface area contributed by atoms with E-state index in [1.807, 2.05) is 17.9 Å². The lowest BCUT2D eigenvalue weighted by molar-refractivity contribution is -0.385. The first-order chi connectivity index (χ1) is 13.0. The van der Waals surface area contributed by atoms with Crippen LogP contribution in [0.15, 0.2) is 24.3 Å². The minimum Gasteiger partial charge on any atom is -0.394 e. The minimum absolute atomic E-state index is 0.0123. The molecule has 1 fully saturated rings. The third-order valence-electron chi connectivity index (χ3n) is 4.56. The quantitative estimate of drug-likeness (QED) is 0.566. The maximum absolute atomic E-state index is 14.2. The summed E-state index contributed by atoms with van der Waals surface area (Å²) in [7, 11) is 0. The third kappa shape index (κ3) is 4.30. The summed E-state index contributed by atoms with van der Waals surface area (Å²) in [6.07, 6.45) is 3.50. The summed E-state index contributed by atoms with van der Waals surface area (Å²) in [4.78, 5) is 21.1. The van der Waals surface area contributed by atoms with Crippen molar-refractivity contribution < 1.29 is 14.4 Å². The summed E-state index contributed by atoms with van der Waals surface area (Å²) in [6.45, 7) is 2.88. The summed E-state index contributed by atoms with van der Waals surface area (Å²) < 4.78 is 14.2. The lowest BCUT2D eigenvalue weighted by Gasteiger charge is -2.25. The number of aliphatic hydroxyl groups is 1. The molecule has 8 nitrogen and oxygen atoms in total. The van der Waals surface area contributed by atoms with Gasteiger partial charge in [0.2, 0.25) is 5.95 Å². The van der Waals surface area contributed by atoms with Crippen molar-refractivity contribution in [2.45, 2.75) is 38.6 Å². The van der Waals surface area contributed by atoms with E-state index in [1.165, 1.54) is 12.1 Å². The number of aryl methyl sites for hydroxylation is 1. The van der Waals surface area contributed by atoms with E-state index in [9.17, 15) is 19.6 Å². The van der Waals surface area contributed by atoms with Crippen molar-refractivity contribution in [2.75, 3.05) is 23.4 Å². The van der Waals surface area contributed by atoms with Crippen molar-refractivity contribution in [1.29, 1.82) is 0 Å². The van der Waals surface area contributed by atoms with E-state index in [-0.39, 0.29) is 30.0 Å². The second kappa shape index (κ2) is 8.26. The molecule has 0 saturated carbocycles. The zero-order chi connectivity index (χ0) is 19.4. The van der Waals surface area contributed by atoms with Gasteiger partial charge in [0.15, 0.2) is 5.82 Å². The Morgan fingerprint density at radius 2 is 2.22 bits per heavy atom. The molecule has 1 aliphatic heterocycles. The lowest BCUT2D eigenvalue weighted by Crippen LogP contribution is -2.33. The standard InChI is InChI=1S/C18H22FN5O3/c1-2-4-12-9-17(23-8-3-5-14(23)11-25)22-18(20-12)21-16-7-6-13(24(26)27)10-15(16)19/h6-7,9-10,14,25H,2-5,8,11H2,1H3,(H,20,21,22)/t14-/m0/s1. The average Bonchev–Trinajstić information content (AvgIpc) is 3.12. The number of nitro benzene ring substituents is 1. The second-order valence-corrected chi connectivity index (χ2v) is 6.51. The van der Waals surface area contributed by atoms with Crippen molar-refractivity contribution in [3.8, 4) is 0 Å². The molecule has 1 atom stereocenters. The van der Waals surface area contributed by atoms with E-state index < -0.39 is 10.7 Å². The van der Waals surface area contributed by atoms with Crippen LogP contribution < -0.4 is 10.2 Å². The summed E-state index contributed by atoms with van der Waals surface area (Å²) in [5, 5.41) is 23.2. The molecule has 1 aromatic heterocycles. The molecule has 0 unspecified atom stereocenters. The van der Waals surface area contributed by atoms with Crippen LogP contribution in [0.5, 0.6) is 0 Å². The van der Waals surface area contributed by atoms with Gasteiger partial charge in [0, 0.05) is 24.4 Å². The molecule has 0 spiro atoms. The zero-order valence-corrected chi connectivity index (χ0v) is 15.1. The molecule has 27 heavy (non-hydrogen) atoms. The van der Waals surface area contributed by atoms with Crippen LogP contribution in [-0.4, -0.2) is 39.2 Å². The highest BCUT2D eigenvalue weighted by molar-refractivity contribution is 5.59. The number of hydrogen-bond acceptors (Lipinski definition) is 7. The number of aliphatic hydroxyl groups excluding tert-OH is 1. The number of anilines is 3. The predicted molar refractivity (Wildman–Crippen MR) is 99.8 cm³/mol. The molecule has 0 radical (unpaired) electrons. The Bertz CT molecular complexity index is 833. The molecule has 1 aromatic carbocycles. The highest BCUT2D eigenvalue weighted by atomic mass is 19.1. The van der Waals surface area contributed by atoms with Gasteiger partial charge in [0.1, 0.15) is 5.82 Å². The molecule has 144 valence electrons. The van der Waals surface area contributed by atoms with Gasteiger partial charge < -0.3 is 15.3 Å². The van der Waals surface area contributed by atoms with Crippen LogP contribution in [0.1, 0.15) is 31.9 Å². The predicted octanol–water partition coefficient (Wildman–Crippen LogP) is 3.18. The maximum atomic E-state index is 14.2. The van der Waals surface area contributed by atoms with E-state index in [2.05, 4.69) is 15.3 Å². The van der Waals surface area contributed by atoms with Crippen LogP contribution in [0.25, 0.3) is 0 Å². The van der Waals surface area contributed by atoms with Crippen molar-refractivity contribution >= 4 is 23.1 Å². The van der Waals surface area contributed by atoms with Crippen LogP contribution in [0, 0.1) is 15.9 Å². The van der Waals surface area contributed by atoms with Crippen LogP contribution in [-0.2, 0) is 6.42 Å². The van der Waals surface area contributed by atoms with Gasteiger partial charge in [-0.1, -0.05) is 13.3 Å². The topological polar surface area (TPSA) is 104 Å². The summed E-state index contributed by atoms with van der Waals surface area (Å²) >= 11 is 0. The summed E-state index contributed by atoms with van der Waals surface area (Å²) in [5.41, 5.74) is 0.568. The first-order valence-electron chi connectivity index (χ1n) is 8.98. The fraction of sp³-hybridized carbons (Fsp3) is 0.444. The molecule has 0 aliphatic carbocycles. The molecule has 2 N–H and O–H groups in total. The number of nitro groups is 1. The van der Waals surface area contributed by atoms with E-state index in [1.54, 1.807) is 0 Å². The molecule has 3 rings (SSSR count). The van der Waals surface area contributed by atoms with E-state index in [4.69, 9.17) is 0 Å². The zero-order valence-electron chi connectivity index (χ0n) is 15.1. The maximum Gasteiger partial charge on any atom is 0.272 e. The molecular weight excluding hydrogens is 353 g/mol. The van der Waals surface area contributed by atoms with Crippen LogP contribution >= 0.6 is 0 Å². The normalized spacial score (nSPS) is 16.6. The van der Waals surface area contributed by atoms with Crippen molar-refractivity contribution in [2.24, 2.45) is 0 Å². The minimum atomic E-state index is -0.746. The number of nitrogens with one attached hydrogen (secondary N) is 1. The van der Waals surface area contributed by atoms with Gasteiger partial charge in [-0.15, -0.1) is 0 Å². The van der Waals surface area contributed by atoms with Crippen molar-refractivity contribution in [3.63, 3.8) is 0 Å². The van der Waals surface area contributed by atoms with E-state index >= 15 is 0 Å². The monoisotopic (exact) mass is 375 g/mol. The summed E-state index contributed by atoms with van der Waals surface area (Å²) in [6, 6.07) is 5.30. The number of rotatable bonds is 7. The number of aromatic nitrogens is 2. The fourth-order valence-electron chi connectivity index (χ4n) is 3.24. The Labute approximate surface area is 156 Å². The van der Waals surface area contributed by atoms with Crippen LogP contribution in [0.4, 0.5) is 27.5 Å². The number of non-ortho nitro benzene ring substituents is 1. The molecule has 0 amide bonds. The molecular formula is C18H22FN5O3. The highest BCUT2D eigenvalue weighted by Crippen LogP contribution is 2.27. The third-order valence-corrected chi connectivity index (χ3v) is 4.56. The Kier molecular flexibility index (Phi) is 5.80. The summed E-state index contributed by atoms with van der Waals surface area (Å²) in [5.74, 6) is 0.173. The Hall–Kier alpha value is -2.81. The Morgan fingerprint density at radius 1 is 1.41 bits per heavy atom. The average molecular weight is 375 g/mol. The second-order valence-electron chi connectivity index (χ2n) is 6.51. The largest absolute Gasteiger partial charge is 0.394 e. The van der Waals surface area contributed by atoms with Gasteiger partial charge in [0.05, 0.1) is 29.3 Å². The van der Waals surface area contributed by atoms with Crippen molar-refractivity contribution in [3.05, 3.63) is 45.9 Å². The molecule has 2 aromatic rings. The molecule has 1 saturated heterocycles. The van der Waals surface area contributed by atoms with Gasteiger partial charge in [0.25, 0.3) is 5.69 Å². The number of hydrogen-bond donors (Lipinski definition) is 2. The SMILES string of the molecule is CCCc1cc(N2CCC[C@H]2CO)nc(Nc2ccc([N+](=O)[O-])cc2F)n1. The van der Waals surface area contributed by atoms with Gasteiger partial charge in [-0.05, 0) is 25.3 Å². The Balaban J connectivity index is 1.91. The number of halogens is 1. The van der Waals surface area contributed by atoms with Gasteiger partial charge in [-0.25, -0.2) is 9.37 Å². The Morgan fingerprint density at radius 3 is 2.89 bits per heavy atom. The highest BCUT2D eigenvalue weighted by Gasteiger charge is 2.26. The van der Waals surface area contributed by atoms with E-state index in [0.29, 0.717) is 5.82 Å². The first kappa shape index (κ1) is 19.0. The van der Waals surface area contributed by atoms with Gasteiger partial charge in [-0.2, -0.15) is 4.98 Å². The first-order valence-corrected chi connectivity index (χ1v) is 8.98. The van der Waals surface area contributed by atoms with Gasteiger partial charge in [-0.3, -0.25) is 10.1 Å². The number of nitrogens with zero attached hydrogens (tertiary/aromatic N) is 4. The molecule has 2 heterocycles. The van der Waals surface area contributed by atoms with Gasteiger partial charge >= 0.3 is 0 Å². The lowest BCUT2D eigenvalue weighted by atomic mass is 10.2. The number of benzene rings is 1.